The van der Waals surface area contributed by atoms with Crippen LogP contribution in [-0.4, -0.2) is 52.0 Å². The summed E-state index contributed by atoms with van der Waals surface area (Å²) in [7, 11) is 0. The number of allylic oxidation sites excluding steroid dienone is 1. The van der Waals surface area contributed by atoms with E-state index >= 15 is 0 Å². The van der Waals surface area contributed by atoms with Gasteiger partial charge in [-0.15, -0.1) is 23.1 Å². The molecule has 0 spiro atoms. The average molecular weight is 469 g/mol. The van der Waals surface area contributed by atoms with E-state index in [4.69, 9.17) is 9.51 Å². The summed E-state index contributed by atoms with van der Waals surface area (Å²) in [5.41, 5.74) is 2.74. The lowest BCUT2D eigenvalue weighted by molar-refractivity contribution is 0.0625. The molecule has 0 aliphatic carbocycles. The summed E-state index contributed by atoms with van der Waals surface area (Å²) in [4.78, 5) is 24.5. The molecule has 8 heteroatoms. The fraction of sp³-hybridized carbons (Fsp3) is 0.375. The van der Waals surface area contributed by atoms with E-state index in [9.17, 15) is 4.79 Å². The predicted molar refractivity (Wildman–Crippen MR) is 130 cm³/mol. The summed E-state index contributed by atoms with van der Waals surface area (Å²) < 4.78 is 5.15. The quantitative estimate of drug-likeness (QED) is 0.453. The van der Waals surface area contributed by atoms with Crippen LogP contribution in [0.4, 0.5) is 0 Å². The van der Waals surface area contributed by atoms with Crippen molar-refractivity contribution in [2.45, 2.75) is 38.0 Å². The van der Waals surface area contributed by atoms with Crippen LogP contribution in [-0.2, 0) is 12.3 Å². The number of hydrogen-bond donors (Lipinski definition) is 0. The van der Waals surface area contributed by atoms with Gasteiger partial charge in [-0.05, 0) is 39.0 Å². The normalized spacial score (nSPS) is 15.0. The van der Waals surface area contributed by atoms with Crippen LogP contribution in [0.5, 0.6) is 0 Å². The lowest BCUT2D eigenvalue weighted by Crippen LogP contribution is -2.48. The van der Waals surface area contributed by atoms with E-state index in [2.05, 4.69) is 29.1 Å². The van der Waals surface area contributed by atoms with Gasteiger partial charge in [0.25, 0.3) is 5.91 Å². The molecule has 0 bridgehead atoms. The zero-order valence-electron chi connectivity index (χ0n) is 18.7. The van der Waals surface area contributed by atoms with Crippen LogP contribution in [0.2, 0.25) is 0 Å². The van der Waals surface area contributed by atoms with Crippen molar-refractivity contribution in [2.75, 3.05) is 26.2 Å². The van der Waals surface area contributed by atoms with Gasteiger partial charge in [0.1, 0.15) is 10.8 Å². The number of carbonyl (C=O) groups excluding carboxylic acids is 1. The van der Waals surface area contributed by atoms with Crippen molar-refractivity contribution in [3.05, 3.63) is 69.0 Å². The highest BCUT2D eigenvalue weighted by molar-refractivity contribution is 7.98. The second-order valence-electron chi connectivity index (χ2n) is 7.84. The molecule has 0 radical (unpaired) electrons. The number of nitrogens with zero attached hydrogens (tertiary/aromatic N) is 4. The van der Waals surface area contributed by atoms with Gasteiger partial charge in [-0.3, -0.25) is 9.69 Å². The molecule has 0 atom stereocenters. The van der Waals surface area contributed by atoms with E-state index in [1.54, 1.807) is 23.1 Å². The van der Waals surface area contributed by atoms with Crippen LogP contribution in [0.25, 0.3) is 6.08 Å². The van der Waals surface area contributed by atoms with Crippen molar-refractivity contribution in [1.82, 2.24) is 19.9 Å². The number of rotatable bonds is 7. The summed E-state index contributed by atoms with van der Waals surface area (Å²) in [6, 6.07) is 9.77. The van der Waals surface area contributed by atoms with Crippen molar-refractivity contribution in [2.24, 2.45) is 0 Å². The molecule has 1 saturated heterocycles. The molecule has 168 valence electrons. The zero-order valence-corrected chi connectivity index (χ0v) is 20.3. The molecule has 0 unspecified atom stereocenters. The molecule has 6 nitrogen and oxygen atoms in total. The Hall–Kier alpha value is -2.42. The van der Waals surface area contributed by atoms with Gasteiger partial charge in [-0.2, -0.15) is 0 Å². The third-order valence-electron chi connectivity index (χ3n) is 5.38. The van der Waals surface area contributed by atoms with E-state index < -0.39 is 0 Å². The first kappa shape index (κ1) is 22.8. The van der Waals surface area contributed by atoms with Crippen LogP contribution in [0.15, 0.2) is 45.8 Å². The first-order valence-electron chi connectivity index (χ1n) is 10.8. The Morgan fingerprint density at radius 2 is 2.00 bits per heavy atom. The summed E-state index contributed by atoms with van der Waals surface area (Å²) in [5.74, 6) is 1.58. The Morgan fingerprint density at radius 1 is 1.22 bits per heavy atom. The maximum absolute atomic E-state index is 13.3. The van der Waals surface area contributed by atoms with Crippen molar-refractivity contribution >= 4 is 35.1 Å². The first-order valence-corrected chi connectivity index (χ1v) is 12.6. The van der Waals surface area contributed by atoms with Crippen LogP contribution in [0.3, 0.4) is 0 Å². The highest BCUT2D eigenvalue weighted by Crippen LogP contribution is 2.28. The number of thioether (sulfide) groups is 1. The van der Waals surface area contributed by atoms with Gasteiger partial charge in [0.05, 0.1) is 23.5 Å². The van der Waals surface area contributed by atoms with Gasteiger partial charge >= 0.3 is 0 Å². The molecule has 3 aromatic rings. The van der Waals surface area contributed by atoms with Crippen molar-refractivity contribution in [3.8, 4) is 0 Å². The van der Waals surface area contributed by atoms with Crippen LogP contribution >= 0.6 is 23.1 Å². The zero-order chi connectivity index (χ0) is 22.5. The lowest BCUT2D eigenvalue weighted by atomic mass is 10.2. The number of aryl methyl sites for hydroxylation is 2. The number of amides is 1. The Labute approximate surface area is 197 Å². The molecule has 0 N–H and O–H groups in total. The smallest absolute Gasteiger partial charge is 0.255 e. The van der Waals surface area contributed by atoms with Gasteiger partial charge < -0.3 is 9.42 Å². The lowest BCUT2D eigenvalue weighted by Gasteiger charge is -2.34. The summed E-state index contributed by atoms with van der Waals surface area (Å²) in [5, 5.41) is 5.19. The third kappa shape index (κ3) is 5.49. The van der Waals surface area contributed by atoms with E-state index in [0.717, 1.165) is 65.3 Å². The maximum atomic E-state index is 13.3. The molecule has 32 heavy (non-hydrogen) atoms. The topological polar surface area (TPSA) is 62.5 Å². The molecule has 1 fully saturated rings. The van der Waals surface area contributed by atoms with Crippen molar-refractivity contribution < 1.29 is 9.32 Å². The maximum Gasteiger partial charge on any atom is 0.255 e. The Bertz CT molecular complexity index is 1100. The highest BCUT2D eigenvalue weighted by Gasteiger charge is 2.24. The predicted octanol–water partition coefficient (Wildman–Crippen LogP) is 5.03. The molecule has 1 aromatic carbocycles. The molecule has 0 saturated carbocycles. The standard InChI is InChI=1S/C24H28N4O2S2/c1-4-7-21-18(3)25-23(32-21)15-27-10-12-28(13-11-27)24(29)20-8-5-6-9-22(20)31-16-19-14-17(2)30-26-19/h4-9,14H,10-13,15-16H2,1-3H3/b7-4-. The molecule has 3 heterocycles. The summed E-state index contributed by atoms with van der Waals surface area (Å²) in [6.07, 6.45) is 4.17. The fourth-order valence-electron chi connectivity index (χ4n) is 3.72. The van der Waals surface area contributed by atoms with Gasteiger partial charge in [0.2, 0.25) is 0 Å². The fourth-order valence-corrected chi connectivity index (χ4v) is 5.72. The summed E-state index contributed by atoms with van der Waals surface area (Å²) >= 11 is 3.38. The molecular weight excluding hydrogens is 440 g/mol. The molecule has 1 aliphatic heterocycles. The van der Waals surface area contributed by atoms with Gasteiger partial charge in [-0.1, -0.05) is 23.4 Å². The van der Waals surface area contributed by atoms with Crippen LogP contribution in [0.1, 0.15) is 44.3 Å². The van der Waals surface area contributed by atoms with Crippen molar-refractivity contribution in [3.63, 3.8) is 0 Å². The minimum Gasteiger partial charge on any atom is -0.361 e. The van der Waals surface area contributed by atoms with E-state index in [1.807, 2.05) is 49.1 Å². The van der Waals surface area contributed by atoms with Gasteiger partial charge in [0, 0.05) is 47.8 Å². The minimum atomic E-state index is 0.101. The summed E-state index contributed by atoms with van der Waals surface area (Å²) in [6.45, 7) is 9.99. The number of thiazole rings is 1. The number of carbonyl (C=O) groups is 1. The Morgan fingerprint density at radius 3 is 2.72 bits per heavy atom. The number of piperazine rings is 1. The second-order valence-corrected chi connectivity index (χ2v) is 9.97. The third-order valence-corrected chi connectivity index (χ3v) is 7.60. The number of hydrogen-bond acceptors (Lipinski definition) is 7. The first-order chi connectivity index (χ1) is 15.5. The SMILES string of the molecule is C/C=C\c1sc(CN2CCN(C(=O)c3ccccc3SCc3cc(C)on3)CC2)nc1C. The van der Waals surface area contributed by atoms with E-state index in [0.29, 0.717) is 5.75 Å². The number of aromatic nitrogens is 2. The molecule has 2 aromatic heterocycles. The molecule has 1 aliphatic rings. The van der Waals surface area contributed by atoms with Gasteiger partial charge in [0.15, 0.2) is 0 Å². The van der Waals surface area contributed by atoms with Crippen molar-refractivity contribution in [1.29, 1.82) is 0 Å². The monoisotopic (exact) mass is 468 g/mol. The molecule has 1 amide bonds. The molecular formula is C24H28N4O2S2. The largest absolute Gasteiger partial charge is 0.361 e. The minimum absolute atomic E-state index is 0.101. The van der Waals surface area contributed by atoms with Crippen LogP contribution < -0.4 is 0 Å². The van der Waals surface area contributed by atoms with Crippen LogP contribution in [0, 0.1) is 13.8 Å². The van der Waals surface area contributed by atoms with Gasteiger partial charge in [-0.25, -0.2) is 4.98 Å². The highest BCUT2D eigenvalue weighted by atomic mass is 32.2. The van der Waals surface area contributed by atoms with E-state index in [1.165, 1.54) is 4.88 Å². The Balaban J connectivity index is 1.35. The van der Waals surface area contributed by atoms with E-state index in [-0.39, 0.29) is 5.91 Å². The molecule has 4 rings (SSSR count). The Kier molecular flexibility index (Phi) is 7.44. The second kappa shape index (κ2) is 10.5. The number of benzene rings is 1. The average Bonchev–Trinajstić information content (AvgIpc) is 3.37.